The van der Waals surface area contributed by atoms with Crippen molar-refractivity contribution in [3.05, 3.63) is 65.4 Å². The number of aromatic amines is 1. The molecule has 156 valence electrons. The van der Waals surface area contributed by atoms with Crippen molar-refractivity contribution >= 4 is 28.4 Å². The van der Waals surface area contributed by atoms with E-state index in [9.17, 15) is 9.59 Å². The van der Waals surface area contributed by atoms with E-state index in [0.717, 1.165) is 24.0 Å². The molecule has 0 spiro atoms. The van der Waals surface area contributed by atoms with E-state index >= 15 is 0 Å². The van der Waals surface area contributed by atoms with E-state index in [2.05, 4.69) is 41.9 Å². The van der Waals surface area contributed by atoms with Gasteiger partial charge < -0.3 is 19.7 Å². The van der Waals surface area contributed by atoms with Gasteiger partial charge in [0, 0.05) is 56.0 Å². The number of hydrogen-bond acceptors (Lipinski definition) is 3. The number of benzene rings is 2. The maximum Gasteiger partial charge on any atom is 0.256 e. The number of aromatic nitrogens is 1. The normalized spacial score (nSPS) is 14.2. The van der Waals surface area contributed by atoms with Crippen molar-refractivity contribution in [3.63, 3.8) is 0 Å². The second-order valence-electron chi connectivity index (χ2n) is 8.07. The van der Waals surface area contributed by atoms with E-state index in [1.54, 1.807) is 13.2 Å². The molecule has 2 heterocycles. The van der Waals surface area contributed by atoms with Gasteiger partial charge in [0.15, 0.2) is 0 Å². The Bertz CT molecular complexity index is 1080. The Kier molecular flexibility index (Phi) is 5.48. The summed E-state index contributed by atoms with van der Waals surface area (Å²) in [5.74, 6) is -0.152. The van der Waals surface area contributed by atoms with E-state index in [-0.39, 0.29) is 18.4 Å². The first-order chi connectivity index (χ1) is 14.4. The van der Waals surface area contributed by atoms with Crippen LogP contribution < -0.4 is 4.90 Å². The Morgan fingerprint density at radius 2 is 1.77 bits per heavy atom. The molecule has 3 aromatic rings. The SMILES string of the molecule is Cc1ccc(C)c(N2CCN(C(=O)CN(C)C(=O)c3c[nH]c4ccccc34)CC2)c1. The largest absolute Gasteiger partial charge is 0.368 e. The predicted molar refractivity (Wildman–Crippen MR) is 120 cm³/mol. The maximum absolute atomic E-state index is 12.9. The van der Waals surface area contributed by atoms with Gasteiger partial charge in [-0.3, -0.25) is 9.59 Å². The lowest BCUT2D eigenvalue weighted by Crippen LogP contribution is -2.51. The number of piperazine rings is 1. The minimum Gasteiger partial charge on any atom is -0.368 e. The molecule has 6 heteroatoms. The molecule has 1 N–H and O–H groups in total. The van der Waals surface area contributed by atoms with Gasteiger partial charge in [0.25, 0.3) is 5.91 Å². The fourth-order valence-electron chi connectivity index (χ4n) is 4.09. The number of likely N-dealkylation sites (N-methyl/N-ethyl adjacent to an activating group) is 1. The van der Waals surface area contributed by atoms with Gasteiger partial charge in [0.1, 0.15) is 0 Å². The van der Waals surface area contributed by atoms with E-state index in [0.29, 0.717) is 18.7 Å². The number of nitrogens with one attached hydrogen (secondary N) is 1. The fourth-order valence-corrected chi connectivity index (χ4v) is 4.09. The van der Waals surface area contributed by atoms with Gasteiger partial charge in [0.05, 0.1) is 12.1 Å². The first-order valence-electron chi connectivity index (χ1n) is 10.4. The molecule has 1 fully saturated rings. The third kappa shape index (κ3) is 3.90. The topological polar surface area (TPSA) is 59.6 Å². The van der Waals surface area contributed by atoms with Crippen molar-refractivity contribution in [2.45, 2.75) is 13.8 Å². The highest BCUT2D eigenvalue weighted by atomic mass is 16.2. The lowest BCUT2D eigenvalue weighted by Gasteiger charge is -2.37. The van der Waals surface area contributed by atoms with Gasteiger partial charge in [-0.05, 0) is 37.1 Å². The van der Waals surface area contributed by atoms with Crippen LogP contribution in [0, 0.1) is 13.8 Å². The second kappa shape index (κ2) is 8.22. The highest BCUT2D eigenvalue weighted by Crippen LogP contribution is 2.23. The fraction of sp³-hybridized carbons (Fsp3) is 0.333. The molecule has 4 rings (SSSR count). The van der Waals surface area contributed by atoms with Gasteiger partial charge in [-0.2, -0.15) is 0 Å². The van der Waals surface area contributed by atoms with Crippen LogP contribution in [0.5, 0.6) is 0 Å². The minimum absolute atomic E-state index is 0.00805. The molecule has 1 aliphatic rings. The zero-order valence-corrected chi connectivity index (χ0v) is 17.8. The van der Waals surface area contributed by atoms with Gasteiger partial charge in [0.2, 0.25) is 5.91 Å². The second-order valence-corrected chi connectivity index (χ2v) is 8.07. The van der Waals surface area contributed by atoms with E-state index in [4.69, 9.17) is 0 Å². The number of hydrogen-bond donors (Lipinski definition) is 1. The van der Waals surface area contributed by atoms with Crippen LogP contribution in [-0.4, -0.2) is 66.4 Å². The smallest absolute Gasteiger partial charge is 0.256 e. The Hall–Kier alpha value is -3.28. The highest BCUT2D eigenvalue weighted by molar-refractivity contribution is 6.07. The molecule has 1 aliphatic heterocycles. The van der Waals surface area contributed by atoms with Crippen molar-refractivity contribution in [3.8, 4) is 0 Å². The van der Waals surface area contributed by atoms with E-state index in [1.807, 2.05) is 29.2 Å². The molecule has 0 atom stereocenters. The number of rotatable bonds is 4. The molecule has 30 heavy (non-hydrogen) atoms. The summed E-state index contributed by atoms with van der Waals surface area (Å²) >= 11 is 0. The highest BCUT2D eigenvalue weighted by Gasteiger charge is 2.25. The number of carbonyl (C=O) groups excluding carboxylic acids is 2. The van der Waals surface area contributed by atoms with Gasteiger partial charge in [-0.25, -0.2) is 0 Å². The summed E-state index contributed by atoms with van der Waals surface area (Å²) in [5, 5.41) is 0.879. The van der Waals surface area contributed by atoms with Crippen LogP contribution in [0.4, 0.5) is 5.69 Å². The third-order valence-electron chi connectivity index (χ3n) is 5.88. The molecule has 0 bridgehead atoms. The first kappa shape index (κ1) is 20.0. The number of nitrogens with zero attached hydrogens (tertiary/aromatic N) is 3. The zero-order valence-electron chi connectivity index (χ0n) is 17.8. The summed E-state index contributed by atoms with van der Waals surface area (Å²) in [6.45, 7) is 7.25. The van der Waals surface area contributed by atoms with E-state index < -0.39 is 0 Å². The summed E-state index contributed by atoms with van der Waals surface area (Å²) in [7, 11) is 1.69. The van der Waals surface area contributed by atoms with Gasteiger partial charge >= 0.3 is 0 Å². The molecule has 0 aliphatic carbocycles. The third-order valence-corrected chi connectivity index (χ3v) is 5.88. The number of fused-ring (bicyclic) bond motifs is 1. The van der Waals surface area contributed by atoms with E-state index in [1.165, 1.54) is 21.7 Å². The molecule has 2 amide bonds. The van der Waals surface area contributed by atoms with Crippen LogP contribution in [0.1, 0.15) is 21.5 Å². The Labute approximate surface area is 177 Å². The molecular weight excluding hydrogens is 376 g/mol. The van der Waals surface area contributed by atoms with Crippen LogP contribution in [-0.2, 0) is 4.79 Å². The number of carbonyl (C=O) groups is 2. The summed E-state index contributed by atoms with van der Waals surface area (Å²) in [6.07, 6.45) is 1.72. The minimum atomic E-state index is -0.144. The monoisotopic (exact) mass is 404 g/mol. The van der Waals surface area contributed by atoms with Gasteiger partial charge in [-0.1, -0.05) is 30.3 Å². The zero-order chi connectivity index (χ0) is 21.3. The number of para-hydroxylation sites is 1. The van der Waals surface area contributed by atoms with Crippen molar-refractivity contribution in [1.29, 1.82) is 0 Å². The lowest BCUT2D eigenvalue weighted by molar-refractivity contribution is -0.131. The summed E-state index contributed by atoms with van der Waals surface area (Å²) in [4.78, 5) is 34.5. The first-order valence-corrected chi connectivity index (χ1v) is 10.4. The molecule has 0 radical (unpaired) electrons. The van der Waals surface area contributed by atoms with Crippen LogP contribution in [0.15, 0.2) is 48.7 Å². The quantitative estimate of drug-likeness (QED) is 0.726. The molecular formula is C24H28N4O2. The molecule has 0 unspecified atom stereocenters. The molecule has 2 aromatic carbocycles. The Morgan fingerprint density at radius 1 is 1.03 bits per heavy atom. The van der Waals surface area contributed by atoms with Crippen molar-refractivity contribution in [2.75, 3.05) is 44.7 Å². The van der Waals surface area contributed by atoms with Crippen molar-refractivity contribution < 1.29 is 9.59 Å². The van der Waals surface area contributed by atoms with Crippen molar-refractivity contribution in [2.24, 2.45) is 0 Å². The number of amides is 2. The molecule has 6 nitrogen and oxygen atoms in total. The summed E-state index contributed by atoms with van der Waals surface area (Å²) in [5.41, 5.74) is 5.26. The maximum atomic E-state index is 12.9. The molecule has 1 aromatic heterocycles. The summed E-state index contributed by atoms with van der Waals surface area (Å²) in [6, 6.07) is 14.2. The Balaban J connectivity index is 1.36. The predicted octanol–water partition coefficient (Wildman–Crippen LogP) is 3.21. The number of anilines is 1. The number of H-pyrrole nitrogens is 1. The molecule has 1 saturated heterocycles. The average Bonchev–Trinajstić information content (AvgIpc) is 3.19. The standard InChI is InChI=1S/C24H28N4O2/c1-17-8-9-18(2)22(14-17)27-10-12-28(13-11-27)23(29)16-26(3)24(30)20-15-25-21-7-5-4-6-19(20)21/h4-9,14-15,25H,10-13,16H2,1-3H3. The average molecular weight is 405 g/mol. The summed E-state index contributed by atoms with van der Waals surface area (Å²) < 4.78 is 0. The lowest BCUT2D eigenvalue weighted by atomic mass is 10.1. The van der Waals surface area contributed by atoms with Crippen LogP contribution in [0.3, 0.4) is 0 Å². The number of aryl methyl sites for hydroxylation is 2. The Morgan fingerprint density at radius 3 is 2.53 bits per heavy atom. The molecule has 0 saturated carbocycles. The van der Waals surface area contributed by atoms with Crippen molar-refractivity contribution in [1.82, 2.24) is 14.8 Å². The van der Waals surface area contributed by atoms with Crippen LogP contribution >= 0.6 is 0 Å². The van der Waals surface area contributed by atoms with Crippen LogP contribution in [0.2, 0.25) is 0 Å². The van der Waals surface area contributed by atoms with Crippen LogP contribution in [0.25, 0.3) is 10.9 Å². The van der Waals surface area contributed by atoms with Gasteiger partial charge in [-0.15, -0.1) is 0 Å².